The molecule has 1 aliphatic rings. The van der Waals surface area contributed by atoms with E-state index in [4.69, 9.17) is 4.74 Å². The number of hydrogen-bond donors (Lipinski definition) is 0. The number of anilines is 1. The molecule has 0 atom stereocenters. The molecule has 0 N–H and O–H groups in total. The minimum atomic E-state index is 0.0843. The number of para-hydroxylation sites is 1. The molecule has 28 heavy (non-hydrogen) atoms. The van der Waals surface area contributed by atoms with Gasteiger partial charge >= 0.3 is 0 Å². The van der Waals surface area contributed by atoms with Crippen LogP contribution in [-0.4, -0.2) is 47.2 Å². The Hall–Kier alpha value is -3.41. The van der Waals surface area contributed by atoms with Gasteiger partial charge in [0.15, 0.2) is 5.82 Å². The number of carbonyl (C=O) groups is 1. The second-order valence-corrected chi connectivity index (χ2v) is 6.79. The van der Waals surface area contributed by atoms with Crippen LogP contribution >= 0.6 is 0 Å². The Morgan fingerprint density at radius 1 is 0.893 bits per heavy atom. The van der Waals surface area contributed by atoms with Crippen LogP contribution in [0, 0.1) is 6.92 Å². The van der Waals surface area contributed by atoms with E-state index in [2.05, 4.69) is 15.1 Å². The third-order valence-electron chi connectivity index (χ3n) is 4.75. The molecule has 142 valence electrons. The molecule has 0 unspecified atom stereocenters. The predicted octanol–water partition coefficient (Wildman–Crippen LogP) is 3.54. The summed E-state index contributed by atoms with van der Waals surface area (Å²) in [6.07, 6.45) is 0. The lowest BCUT2D eigenvalue weighted by Gasteiger charge is -2.35. The van der Waals surface area contributed by atoms with Crippen LogP contribution in [0.3, 0.4) is 0 Å². The maximum Gasteiger partial charge on any atom is 0.253 e. The lowest BCUT2D eigenvalue weighted by atomic mass is 10.1. The van der Waals surface area contributed by atoms with Crippen molar-refractivity contribution in [1.82, 2.24) is 15.1 Å². The molecule has 6 nitrogen and oxygen atoms in total. The van der Waals surface area contributed by atoms with Crippen LogP contribution in [0.4, 0.5) is 5.82 Å². The van der Waals surface area contributed by atoms with Gasteiger partial charge in [0.1, 0.15) is 5.75 Å². The maximum atomic E-state index is 12.7. The fourth-order valence-electron chi connectivity index (χ4n) is 3.24. The molecule has 0 bridgehead atoms. The van der Waals surface area contributed by atoms with E-state index < -0.39 is 0 Å². The standard InChI is InChI=1S/C22H22N4O2/c1-17-6-5-7-18(16-17)22(27)26-14-12-25(13-15-26)20-10-11-21(24-23-20)28-19-8-3-2-4-9-19/h2-11,16H,12-15H2,1H3. The fourth-order valence-corrected chi connectivity index (χ4v) is 3.24. The first-order chi connectivity index (χ1) is 13.7. The number of rotatable bonds is 4. The Bertz CT molecular complexity index is 936. The molecule has 1 aliphatic heterocycles. The van der Waals surface area contributed by atoms with Crippen LogP contribution in [0.15, 0.2) is 66.7 Å². The molecular formula is C22H22N4O2. The Morgan fingerprint density at radius 2 is 1.68 bits per heavy atom. The zero-order chi connectivity index (χ0) is 19.3. The molecule has 1 fully saturated rings. The number of benzene rings is 2. The highest BCUT2D eigenvalue weighted by Crippen LogP contribution is 2.21. The molecule has 4 rings (SSSR count). The average molecular weight is 374 g/mol. The normalized spacial score (nSPS) is 14.0. The molecule has 1 amide bonds. The number of carbonyl (C=O) groups excluding carboxylic acids is 1. The lowest BCUT2D eigenvalue weighted by Crippen LogP contribution is -2.49. The number of amides is 1. The Kier molecular flexibility index (Phi) is 5.19. The molecule has 0 saturated carbocycles. The molecular weight excluding hydrogens is 352 g/mol. The molecule has 0 radical (unpaired) electrons. The Morgan fingerprint density at radius 3 is 2.36 bits per heavy atom. The zero-order valence-electron chi connectivity index (χ0n) is 15.8. The van der Waals surface area contributed by atoms with E-state index in [0.29, 0.717) is 19.0 Å². The number of aryl methyl sites for hydroxylation is 1. The van der Waals surface area contributed by atoms with E-state index in [1.54, 1.807) is 0 Å². The maximum absolute atomic E-state index is 12.7. The summed E-state index contributed by atoms with van der Waals surface area (Å²) in [5.41, 5.74) is 1.84. The molecule has 0 aliphatic carbocycles. The van der Waals surface area contributed by atoms with Gasteiger partial charge in [0, 0.05) is 37.8 Å². The first-order valence-corrected chi connectivity index (χ1v) is 9.36. The second kappa shape index (κ2) is 8.08. The van der Waals surface area contributed by atoms with Crippen molar-refractivity contribution in [3.05, 3.63) is 77.9 Å². The quantitative estimate of drug-likeness (QED) is 0.699. The smallest absolute Gasteiger partial charge is 0.253 e. The van der Waals surface area contributed by atoms with E-state index in [1.807, 2.05) is 78.6 Å². The van der Waals surface area contributed by atoms with Crippen molar-refractivity contribution in [3.63, 3.8) is 0 Å². The molecule has 3 aromatic rings. The van der Waals surface area contributed by atoms with E-state index >= 15 is 0 Å². The fraction of sp³-hybridized carbons (Fsp3) is 0.227. The van der Waals surface area contributed by atoms with Crippen LogP contribution < -0.4 is 9.64 Å². The number of aromatic nitrogens is 2. The van der Waals surface area contributed by atoms with Gasteiger partial charge in [-0.1, -0.05) is 35.9 Å². The van der Waals surface area contributed by atoms with Gasteiger partial charge in [0.25, 0.3) is 5.91 Å². The van der Waals surface area contributed by atoms with Gasteiger partial charge in [-0.3, -0.25) is 4.79 Å². The summed E-state index contributed by atoms with van der Waals surface area (Å²) in [5, 5.41) is 8.45. The van der Waals surface area contributed by atoms with E-state index in [1.165, 1.54) is 0 Å². The van der Waals surface area contributed by atoms with Crippen LogP contribution in [0.1, 0.15) is 15.9 Å². The van der Waals surface area contributed by atoms with E-state index in [9.17, 15) is 4.79 Å². The zero-order valence-corrected chi connectivity index (χ0v) is 15.8. The summed E-state index contributed by atoms with van der Waals surface area (Å²) in [4.78, 5) is 16.7. The molecule has 2 aromatic carbocycles. The van der Waals surface area contributed by atoms with E-state index in [0.717, 1.165) is 35.8 Å². The summed E-state index contributed by atoms with van der Waals surface area (Å²) >= 11 is 0. The van der Waals surface area contributed by atoms with Crippen molar-refractivity contribution < 1.29 is 9.53 Å². The van der Waals surface area contributed by atoms with Crippen molar-refractivity contribution in [2.24, 2.45) is 0 Å². The lowest BCUT2D eigenvalue weighted by molar-refractivity contribution is 0.0746. The predicted molar refractivity (Wildman–Crippen MR) is 108 cm³/mol. The average Bonchev–Trinajstić information content (AvgIpc) is 2.75. The van der Waals surface area contributed by atoms with Gasteiger partial charge in [0.2, 0.25) is 5.88 Å². The van der Waals surface area contributed by atoms with Gasteiger partial charge in [0.05, 0.1) is 0 Å². The van der Waals surface area contributed by atoms with Gasteiger partial charge < -0.3 is 14.5 Å². The third kappa shape index (κ3) is 4.11. The number of piperazine rings is 1. The number of hydrogen-bond acceptors (Lipinski definition) is 5. The van der Waals surface area contributed by atoms with Crippen molar-refractivity contribution in [2.75, 3.05) is 31.1 Å². The highest BCUT2D eigenvalue weighted by atomic mass is 16.5. The highest BCUT2D eigenvalue weighted by molar-refractivity contribution is 5.94. The molecule has 1 aromatic heterocycles. The topological polar surface area (TPSA) is 58.6 Å². The summed E-state index contributed by atoms with van der Waals surface area (Å²) in [7, 11) is 0. The first kappa shape index (κ1) is 18.0. The SMILES string of the molecule is Cc1cccc(C(=O)N2CCN(c3ccc(Oc4ccccc4)nn3)CC2)c1. The minimum Gasteiger partial charge on any atom is -0.438 e. The summed E-state index contributed by atoms with van der Waals surface area (Å²) in [6.45, 7) is 4.78. The van der Waals surface area contributed by atoms with Gasteiger partial charge in [-0.05, 0) is 37.3 Å². The van der Waals surface area contributed by atoms with Crippen molar-refractivity contribution >= 4 is 11.7 Å². The monoisotopic (exact) mass is 374 g/mol. The molecule has 1 saturated heterocycles. The third-order valence-corrected chi connectivity index (χ3v) is 4.75. The first-order valence-electron chi connectivity index (χ1n) is 9.36. The van der Waals surface area contributed by atoms with Gasteiger partial charge in [-0.2, -0.15) is 0 Å². The highest BCUT2D eigenvalue weighted by Gasteiger charge is 2.23. The minimum absolute atomic E-state index is 0.0843. The summed E-state index contributed by atoms with van der Waals surface area (Å²) in [6, 6.07) is 21.0. The van der Waals surface area contributed by atoms with Crippen LogP contribution in [0.25, 0.3) is 0 Å². The van der Waals surface area contributed by atoms with Crippen LogP contribution in [-0.2, 0) is 0 Å². The van der Waals surface area contributed by atoms with Crippen molar-refractivity contribution in [2.45, 2.75) is 6.92 Å². The second-order valence-electron chi connectivity index (χ2n) is 6.79. The Labute approximate surface area is 164 Å². The number of nitrogens with zero attached hydrogens (tertiary/aromatic N) is 4. The largest absolute Gasteiger partial charge is 0.438 e. The van der Waals surface area contributed by atoms with E-state index in [-0.39, 0.29) is 5.91 Å². The summed E-state index contributed by atoms with van der Waals surface area (Å²) in [5.74, 6) is 2.07. The van der Waals surface area contributed by atoms with Gasteiger partial charge in [-0.15, -0.1) is 10.2 Å². The molecule has 6 heteroatoms. The van der Waals surface area contributed by atoms with Crippen molar-refractivity contribution in [3.8, 4) is 11.6 Å². The van der Waals surface area contributed by atoms with Gasteiger partial charge in [-0.25, -0.2) is 0 Å². The van der Waals surface area contributed by atoms with Crippen LogP contribution in [0.2, 0.25) is 0 Å². The summed E-state index contributed by atoms with van der Waals surface area (Å²) < 4.78 is 5.68. The molecule has 0 spiro atoms. The molecule has 2 heterocycles. The van der Waals surface area contributed by atoms with Crippen molar-refractivity contribution in [1.29, 1.82) is 0 Å². The Balaban J connectivity index is 1.35. The van der Waals surface area contributed by atoms with Crippen LogP contribution in [0.5, 0.6) is 11.6 Å². The number of ether oxygens (including phenoxy) is 1.